The Kier molecular flexibility index (Phi) is 5.52. The van der Waals surface area contributed by atoms with Gasteiger partial charge >= 0.3 is 5.97 Å². The first-order valence-electron chi connectivity index (χ1n) is 4.87. The van der Waals surface area contributed by atoms with Crippen LogP contribution >= 0.6 is 31.9 Å². The van der Waals surface area contributed by atoms with E-state index in [1.807, 2.05) is 0 Å². The van der Waals surface area contributed by atoms with Gasteiger partial charge in [-0.15, -0.1) is 0 Å². The van der Waals surface area contributed by atoms with E-state index in [4.69, 9.17) is 4.74 Å². The number of carbonyl (C=O) groups excluding carboxylic acids is 1. The van der Waals surface area contributed by atoms with E-state index >= 15 is 0 Å². The van der Waals surface area contributed by atoms with Gasteiger partial charge in [0.15, 0.2) is 11.6 Å². The number of ether oxygens (including phenoxy) is 1. The summed E-state index contributed by atoms with van der Waals surface area (Å²) >= 11 is 6.25. The Morgan fingerprint density at radius 1 is 1.41 bits per heavy atom. The Morgan fingerprint density at radius 3 is 2.65 bits per heavy atom. The minimum Gasteiger partial charge on any atom is -0.465 e. The summed E-state index contributed by atoms with van der Waals surface area (Å²) < 4.78 is 31.3. The van der Waals surface area contributed by atoms with Crippen LogP contribution in [0, 0.1) is 11.6 Å². The highest BCUT2D eigenvalue weighted by atomic mass is 79.9. The van der Waals surface area contributed by atoms with E-state index in [0.29, 0.717) is 0 Å². The van der Waals surface area contributed by atoms with Crippen molar-refractivity contribution in [2.24, 2.45) is 0 Å². The van der Waals surface area contributed by atoms with E-state index in [1.165, 1.54) is 12.1 Å². The van der Waals surface area contributed by atoms with Gasteiger partial charge in [-0.05, 0) is 13.0 Å². The number of hydrogen-bond acceptors (Lipinski definition) is 2. The Hall–Kier alpha value is -0.490. The van der Waals surface area contributed by atoms with E-state index in [0.717, 1.165) is 6.07 Å². The van der Waals surface area contributed by atoms with Crippen molar-refractivity contribution in [3.05, 3.63) is 35.4 Å². The molecule has 1 aromatic carbocycles. The molecular formula is C11H10Br2F2O2. The summed E-state index contributed by atoms with van der Waals surface area (Å²) in [4.78, 5) is 9.96. The fourth-order valence-electron chi connectivity index (χ4n) is 1.23. The molecule has 0 saturated heterocycles. The molecule has 1 aromatic rings. The first-order valence-corrected chi connectivity index (χ1v) is 6.70. The quantitative estimate of drug-likeness (QED) is 0.595. The summed E-state index contributed by atoms with van der Waals surface area (Å²) in [5.74, 6) is -2.45. The number of carbonyl (C=O) groups is 1. The van der Waals surface area contributed by atoms with Gasteiger partial charge in [-0.25, -0.2) is 8.78 Å². The second-order valence-electron chi connectivity index (χ2n) is 3.20. The molecule has 0 aliphatic carbocycles. The van der Waals surface area contributed by atoms with Crippen LogP contribution < -0.4 is 0 Å². The third-order valence-electron chi connectivity index (χ3n) is 2.05. The monoisotopic (exact) mass is 370 g/mol. The smallest absolute Gasteiger partial charge is 0.321 e. The molecule has 2 atom stereocenters. The lowest BCUT2D eigenvalue weighted by Crippen LogP contribution is -2.22. The lowest BCUT2D eigenvalue weighted by Gasteiger charge is -2.16. The van der Waals surface area contributed by atoms with Crippen LogP contribution in [0.3, 0.4) is 0 Å². The van der Waals surface area contributed by atoms with Gasteiger partial charge in [-0.1, -0.05) is 44.0 Å². The molecule has 94 valence electrons. The molecule has 0 aromatic heterocycles. The fraction of sp³-hybridized carbons (Fsp3) is 0.364. The summed E-state index contributed by atoms with van der Waals surface area (Å²) in [5.41, 5.74) is 0.0694. The summed E-state index contributed by atoms with van der Waals surface area (Å²) in [7, 11) is 0. The predicted molar refractivity (Wildman–Crippen MR) is 67.4 cm³/mol. The highest BCUT2D eigenvalue weighted by Crippen LogP contribution is 2.34. The maximum atomic E-state index is 13.5. The molecule has 2 nitrogen and oxygen atoms in total. The van der Waals surface area contributed by atoms with Crippen molar-refractivity contribution < 1.29 is 18.3 Å². The number of esters is 1. The number of hydrogen-bond donors (Lipinski definition) is 0. The molecule has 0 bridgehead atoms. The van der Waals surface area contributed by atoms with Crippen LogP contribution in [0.5, 0.6) is 0 Å². The van der Waals surface area contributed by atoms with Crippen LogP contribution in [0.1, 0.15) is 17.3 Å². The van der Waals surface area contributed by atoms with Crippen LogP contribution in [-0.2, 0) is 9.53 Å². The lowest BCUT2D eigenvalue weighted by molar-refractivity contribution is -0.142. The fourth-order valence-corrected chi connectivity index (χ4v) is 2.22. The Bertz CT molecular complexity index is 412. The average molecular weight is 372 g/mol. The first kappa shape index (κ1) is 14.6. The van der Waals surface area contributed by atoms with Gasteiger partial charge in [-0.2, -0.15) is 0 Å². The molecule has 0 N–H and O–H groups in total. The van der Waals surface area contributed by atoms with Crippen molar-refractivity contribution in [1.29, 1.82) is 0 Å². The highest BCUT2D eigenvalue weighted by molar-refractivity contribution is 9.12. The summed E-state index contributed by atoms with van der Waals surface area (Å²) in [5, 5.41) is 0. The normalized spacial score (nSPS) is 14.2. The zero-order chi connectivity index (χ0) is 13.0. The molecule has 0 saturated carbocycles. The highest BCUT2D eigenvalue weighted by Gasteiger charge is 2.29. The molecule has 0 aliphatic rings. The van der Waals surface area contributed by atoms with Crippen molar-refractivity contribution in [2.75, 3.05) is 6.61 Å². The number of alkyl halides is 2. The number of benzene rings is 1. The number of rotatable bonds is 4. The van der Waals surface area contributed by atoms with Crippen LogP contribution in [0.4, 0.5) is 8.78 Å². The SMILES string of the molecule is CCOC(=O)C(Br)C(Br)c1cccc(F)c1F. The van der Waals surface area contributed by atoms with Crippen molar-refractivity contribution in [3.63, 3.8) is 0 Å². The third-order valence-corrected chi connectivity index (χ3v) is 4.68. The Morgan fingerprint density at radius 2 is 2.06 bits per heavy atom. The molecule has 0 amide bonds. The summed E-state index contributed by atoms with van der Waals surface area (Å²) in [6, 6.07) is 3.81. The minimum absolute atomic E-state index is 0.0694. The van der Waals surface area contributed by atoms with Crippen molar-refractivity contribution in [1.82, 2.24) is 0 Å². The van der Waals surface area contributed by atoms with Gasteiger partial charge in [0, 0.05) is 5.56 Å². The van der Waals surface area contributed by atoms with Crippen LogP contribution in [0.15, 0.2) is 18.2 Å². The zero-order valence-electron chi connectivity index (χ0n) is 8.92. The molecule has 2 unspecified atom stereocenters. The average Bonchev–Trinajstić information content (AvgIpc) is 2.31. The standard InChI is InChI=1S/C11H10Br2F2O2/c1-2-17-11(16)9(13)8(12)6-4-3-5-7(14)10(6)15/h3-5,8-9H,2H2,1H3. The second kappa shape index (κ2) is 6.44. The molecule has 0 fully saturated rings. The number of halogens is 4. The Labute approximate surface area is 115 Å². The predicted octanol–water partition coefficient (Wildman–Crippen LogP) is 3.73. The first-order chi connectivity index (χ1) is 7.99. The van der Waals surface area contributed by atoms with E-state index in [-0.39, 0.29) is 12.2 Å². The van der Waals surface area contributed by atoms with Crippen LogP contribution in [0.25, 0.3) is 0 Å². The molecule has 0 heterocycles. The van der Waals surface area contributed by atoms with Crippen molar-refractivity contribution in [2.45, 2.75) is 16.6 Å². The van der Waals surface area contributed by atoms with Gasteiger partial charge in [-0.3, -0.25) is 4.79 Å². The van der Waals surface area contributed by atoms with E-state index in [9.17, 15) is 13.6 Å². The maximum Gasteiger partial charge on any atom is 0.321 e. The molecule has 6 heteroatoms. The third kappa shape index (κ3) is 3.48. The van der Waals surface area contributed by atoms with Gasteiger partial charge in [0.2, 0.25) is 0 Å². The molecular weight excluding hydrogens is 362 g/mol. The molecule has 0 aliphatic heterocycles. The van der Waals surface area contributed by atoms with E-state index in [1.54, 1.807) is 6.92 Å². The second-order valence-corrected chi connectivity index (χ2v) is 5.17. The maximum absolute atomic E-state index is 13.5. The van der Waals surface area contributed by atoms with Crippen LogP contribution in [0.2, 0.25) is 0 Å². The lowest BCUT2D eigenvalue weighted by atomic mass is 10.1. The summed E-state index contributed by atoms with van der Waals surface area (Å²) in [6.07, 6.45) is 0. The topological polar surface area (TPSA) is 26.3 Å². The van der Waals surface area contributed by atoms with E-state index in [2.05, 4.69) is 31.9 Å². The largest absolute Gasteiger partial charge is 0.465 e. The molecule has 17 heavy (non-hydrogen) atoms. The van der Waals surface area contributed by atoms with Crippen molar-refractivity contribution >= 4 is 37.8 Å². The van der Waals surface area contributed by atoms with Gasteiger partial charge in [0.25, 0.3) is 0 Å². The van der Waals surface area contributed by atoms with Gasteiger partial charge < -0.3 is 4.74 Å². The van der Waals surface area contributed by atoms with Crippen molar-refractivity contribution in [3.8, 4) is 0 Å². The molecule has 0 spiro atoms. The molecule has 0 radical (unpaired) electrons. The van der Waals surface area contributed by atoms with Gasteiger partial charge in [0.1, 0.15) is 4.83 Å². The van der Waals surface area contributed by atoms with E-state index < -0.39 is 27.3 Å². The Balaban J connectivity index is 2.92. The zero-order valence-corrected chi connectivity index (χ0v) is 12.1. The van der Waals surface area contributed by atoms with Crippen LogP contribution in [-0.4, -0.2) is 17.4 Å². The minimum atomic E-state index is -0.969. The summed E-state index contributed by atoms with van der Waals surface area (Å²) in [6.45, 7) is 1.90. The molecule has 1 rings (SSSR count). The van der Waals surface area contributed by atoms with Gasteiger partial charge in [0.05, 0.1) is 11.4 Å².